The van der Waals surface area contributed by atoms with Gasteiger partial charge in [-0.05, 0) is 38.1 Å². The molecule has 0 atom stereocenters. The lowest BCUT2D eigenvalue weighted by Gasteiger charge is -2.38. The molecule has 2 aliphatic rings. The van der Waals surface area contributed by atoms with Crippen LogP contribution in [0.2, 0.25) is 0 Å². The topological polar surface area (TPSA) is 43.9 Å². The molecule has 2 heterocycles. The number of hydrogen-bond donors (Lipinski definition) is 0. The largest absolute Gasteiger partial charge is 0.367 e. The van der Waals surface area contributed by atoms with Crippen LogP contribution in [0.15, 0.2) is 24.3 Å². The first kappa shape index (κ1) is 15.6. The molecule has 0 bridgehead atoms. The maximum Gasteiger partial charge on any atom is 0.232 e. The first-order valence-corrected chi connectivity index (χ1v) is 9.94. The Bertz CT molecular complexity index is 612. The molecule has 0 radical (unpaired) electrons. The van der Waals surface area contributed by atoms with E-state index in [0.717, 1.165) is 31.0 Å². The molecule has 5 nitrogen and oxygen atoms in total. The van der Waals surface area contributed by atoms with E-state index in [1.165, 1.54) is 42.9 Å². The lowest BCUT2D eigenvalue weighted by molar-refractivity contribution is 0.233. The Hall–Kier alpha value is -1.27. The van der Waals surface area contributed by atoms with Crippen molar-refractivity contribution in [2.45, 2.75) is 19.3 Å². The molecule has 0 unspecified atom stereocenters. The molecule has 1 fully saturated rings. The number of nitrogens with zero attached hydrogens (tertiary/aromatic N) is 3. The molecule has 0 aromatic heterocycles. The van der Waals surface area contributed by atoms with Gasteiger partial charge in [0.1, 0.15) is 0 Å². The predicted molar refractivity (Wildman–Crippen MR) is 91.1 cm³/mol. The van der Waals surface area contributed by atoms with Gasteiger partial charge in [-0.2, -0.15) is 0 Å². The van der Waals surface area contributed by atoms with Gasteiger partial charge in [0.25, 0.3) is 0 Å². The van der Waals surface area contributed by atoms with Crippen molar-refractivity contribution in [3.63, 3.8) is 0 Å². The van der Waals surface area contributed by atoms with E-state index in [-0.39, 0.29) is 0 Å². The smallest absolute Gasteiger partial charge is 0.232 e. The van der Waals surface area contributed by atoms with Gasteiger partial charge in [0.05, 0.1) is 24.2 Å². The van der Waals surface area contributed by atoms with Gasteiger partial charge in [-0.25, -0.2) is 8.42 Å². The van der Waals surface area contributed by atoms with E-state index in [2.05, 4.69) is 9.80 Å². The molecule has 1 aromatic carbocycles. The predicted octanol–water partition coefficient (Wildman–Crippen LogP) is 1.76. The molecule has 1 saturated heterocycles. The van der Waals surface area contributed by atoms with Crippen molar-refractivity contribution in [2.75, 3.05) is 54.7 Å². The molecule has 3 rings (SSSR count). The Labute approximate surface area is 133 Å². The highest BCUT2D eigenvalue weighted by Gasteiger charge is 2.27. The van der Waals surface area contributed by atoms with E-state index < -0.39 is 10.0 Å². The Morgan fingerprint density at radius 1 is 0.909 bits per heavy atom. The zero-order chi connectivity index (χ0) is 15.6. The first-order chi connectivity index (χ1) is 10.6. The van der Waals surface area contributed by atoms with Gasteiger partial charge in [0.15, 0.2) is 0 Å². The summed E-state index contributed by atoms with van der Waals surface area (Å²) in [6.45, 7) is 5.73. The first-order valence-electron chi connectivity index (χ1n) is 8.10. The third-order valence-corrected chi connectivity index (χ3v) is 5.78. The number of para-hydroxylation sites is 2. The zero-order valence-electron chi connectivity index (χ0n) is 13.2. The van der Waals surface area contributed by atoms with Crippen LogP contribution in [0.3, 0.4) is 0 Å². The van der Waals surface area contributed by atoms with Gasteiger partial charge >= 0.3 is 0 Å². The molecule has 22 heavy (non-hydrogen) atoms. The summed E-state index contributed by atoms with van der Waals surface area (Å²) >= 11 is 0. The van der Waals surface area contributed by atoms with Crippen LogP contribution in [0.1, 0.15) is 19.3 Å². The molecule has 0 spiro atoms. The minimum absolute atomic E-state index is 0.538. The van der Waals surface area contributed by atoms with Crippen LogP contribution in [0, 0.1) is 0 Å². The van der Waals surface area contributed by atoms with Crippen LogP contribution in [0.25, 0.3) is 0 Å². The van der Waals surface area contributed by atoms with E-state index in [4.69, 9.17) is 0 Å². The molecule has 6 heteroatoms. The van der Waals surface area contributed by atoms with Crippen LogP contribution < -0.4 is 9.21 Å². The average molecular weight is 323 g/mol. The molecule has 2 aliphatic heterocycles. The number of piperidine rings is 1. The van der Waals surface area contributed by atoms with E-state index in [0.29, 0.717) is 6.54 Å². The van der Waals surface area contributed by atoms with Crippen molar-refractivity contribution >= 4 is 21.4 Å². The summed E-state index contributed by atoms with van der Waals surface area (Å²) in [6, 6.07) is 7.83. The third-order valence-electron chi connectivity index (χ3n) is 4.60. The fourth-order valence-electron chi connectivity index (χ4n) is 3.42. The van der Waals surface area contributed by atoms with Crippen LogP contribution in [-0.2, 0) is 10.0 Å². The molecular formula is C16H25N3O2S. The van der Waals surface area contributed by atoms with Crippen molar-refractivity contribution < 1.29 is 8.42 Å². The van der Waals surface area contributed by atoms with Gasteiger partial charge in [0.2, 0.25) is 10.0 Å². The molecule has 0 aliphatic carbocycles. The van der Waals surface area contributed by atoms with E-state index in [1.807, 2.05) is 24.3 Å². The van der Waals surface area contributed by atoms with Gasteiger partial charge in [-0.15, -0.1) is 0 Å². The van der Waals surface area contributed by atoms with E-state index in [1.54, 1.807) is 0 Å². The summed E-state index contributed by atoms with van der Waals surface area (Å²) in [5.74, 6) is 0. The second-order valence-electron chi connectivity index (χ2n) is 6.21. The summed E-state index contributed by atoms with van der Waals surface area (Å²) in [5, 5.41) is 0. The van der Waals surface area contributed by atoms with Crippen molar-refractivity contribution in [1.29, 1.82) is 0 Å². The molecule has 0 amide bonds. The standard InChI is InChI=1S/C16H25N3O2S/c1-22(20,21)19-14-13-18(15-7-3-4-8-16(15)19)12-11-17-9-5-2-6-10-17/h3-4,7-8H,2,5-6,9-14H2,1H3. The van der Waals surface area contributed by atoms with E-state index >= 15 is 0 Å². The van der Waals surface area contributed by atoms with Gasteiger partial charge in [-0.3, -0.25) is 4.31 Å². The number of sulfonamides is 1. The summed E-state index contributed by atoms with van der Waals surface area (Å²) in [6.07, 6.45) is 5.25. The van der Waals surface area contributed by atoms with Gasteiger partial charge in [-0.1, -0.05) is 18.6 Å². The lowest BCUT2D eigenvalue weighted by atomic mass is 10.1. The lowest BCUT2D eigenvalue weighted by Crippen LogP contribution is -2.46. The van der Waals surface area contributed by atoms with Crippen LogP contribution in [0.5, 0.6) is 0 Å². The van der Waals surface area contributed by atoms with Crippen LogP contribution in [-0.4, -0.2) is 58.8 Å². The van der Waals surface area contributed by atoms with Crippen molar-refractivity contribution in [2.24, 2.45) is 0 Å². The number of hydrogen-bond acceptors (Lipinski definition) is 4. The van der Waals surface area contributed by atoms with Gasteiger partial charge < -0.3 is 9.80 Å². The summed E-state index contributed by atoms with van der Waals surface area (Å²) in [7, 11) is -3.20. The minimum Gasteiger partial charge on any atom is -0.367 e. The fourth-order valence-corrected chi connectivity index (χ4v) is 4.34. The molecule has 122 valence electrons. The number of likely N-dealkylation sites (tertiary alicyclic amines) is 1. The van der Waals surface area contributed by atoms with Crippen LogP contribution >= 0.6 is 0 Å². The summed E-state index contributed by atoms with van der Waals surface area (Å²) in [4.78, 5) is 4.85. The van der Waals surface area contributed by atoms with E-state index in [9.17, 15) is 8.42 Å². The van der Waals surface area contributed by atoms with Crippen molar-refractivity contribution in [3.05, 3.63) is 24.3 Å². The Morgan fingerprint density at radius 3 is 2.27 bits per heavy atom. The normalized spacial score (nSPS) is 20.0. The molecule has 0 N–H and O–H groups in total. The molecule has 0 saturated carbocycles. The zero-order valence-corrected chi connectivity index (χ0v) is 14.1. The Balaban J connectivity index is 1.73. The monoisotopic (exact) mass is 323 g/mol. The van der Waals surface area contributed by atoms with Crippen molar-refractivity contribution in [1.82, 2.24) is 4.90 Å². The average Bonchev–Trinajstić information content (AvgIpc) is 2.52. The maximum absolute atomic E-state index is 12.0. The second-order valence-corrected chi connectivity index (χ2v) is 8.12. The SMILES string of the molecule is CS(=O)(=O)N1CCN(CCN2CCCCC2)c2ccccc21. The maximum atomic E-state index is 12.0. The summed E-state index contributed by atoms with van der Waals surface area (Å²) in [5.41, 5.74) is 1.85. The molecule has 1 aromatic rings. The summed E-state index contributed by atoms with van der Waals surface area (Å²) < 4.78 is 25.4. The fraction of sp³-hybridized carbons (Fsp3) is 0.625. The number of anilines is 2. The quantitative estimate of drug-likeness (QED) is 0.847. The number of rotatable bonds is 4. The number of fused-ring (bicyclic) bond motifs is 1. The highest BCUT2D eigenvalue weighted by atomic mass is 32.2. The van der Waals surface area contributed by atoms with Gasteiger partial charge in [0, 0.05) is 19.6 Å². The second kappa shape index (κ2) is 6.46. The molecular weight excluding hydrogens is 298 g/mol. The highest BCUT2D eigenvalue weighted by molar-refractivity contribution is 7.92. The Morgan fingerprint density at radius 2 is 1.59 bits per heavy atom. The Kier molecular flexibility index (Phi) is 4.59. The van der Waals surface area contributed by atoms with Crippen molar-refractivity contribution in [3.8, 4) is 0 Å². The third kappa shape index (κ3) is 3.38. The number of benzene rings is 1. The highest BCUT2D eigenvalue weighted by Crippen LogP contribution is 2.34. The van der Waals surface area contributed by atoms with Crippen LogP contribution in [0.4, 0.5) is 11.4 Å². The minimum atomic E-state index is -3.20.